The lowest BCUT2D eigenvalue weighted by Crippen LogP contribution is -2.35. The third kappa shape index (κ3) is 5.47. The highest BCUT2D eigenvalue weighted by Gasteiger charge is 2.17. The molecule has 114 valence electrons. The first-order valence-electron chi connectivity index (χ1n) is 6.46. The van der Waals surface area contributed by atoms with Crippen LogP contribution in [0.3, 0.4) is 0 Å². The fourth-order valence-corrected chi connectivity index (χ4v) is 1.75. The molecule has 0 heterocycles. The van der Waals surface area contributed by atoms with Crippen LogP contribution >= 0.6 is 0 Å². The van der Waals surface area contributed by atoms with Gasteiger partial charge in [-0.05, 0) is 12.5 Å². The molecule has 2 amide bonds. The number of non-ortho nitro benzene ring substituents is 1. The normalized spacial score (nSPS) is 11.5. The van der Waals surface area contributed by atoms with Crippen LogP contribution in [-0.2, 0) is 4.79 Å². The summed E-state index contributed by atoms with van der Waals surface area (Å²) in [7, 11) is 0. The SMILES string of the molecule is CCCC(CNC(=O)Nc1cccc([N+](=O)[O-])c1)C(=O)O. The van der Waals surface area contributed by atoms with E-state index in [1.807, 2.05) is 6.92 Å². The first-order valence-corrected chi connectivity index (χ1v) is 6.46. The van der Waals surface area contributed by atoms with Gasteiger partial charge in [0.25, 0.3) is 5.69 Å². The summed E-state index contributed by atoms with van der Waals surface area (Å²) in [6.45, 7) is 1.86. The fraction of sp³-hybridized carbons (Fsp3) is 0.385. The minimum atomic E-state index is -0.965. The molecule has 1 atom stereocenters. The highest BCUT2D eigenvalue weighted by atomic mass is 16.6. The van der Waals surface area contributed by atoms with Crippen molar-refractivity contribution in [2.45, 2.75) is 19.8 Å². The summed E-state index contributed by atoms with van der Waals surface area (Å²) in [5.74, 6) is -1.61. The second kappa shape index (κ2) is 7.83. The number of carboxylic acids is 1. The van der Waals surface area contributed by atoms with Crippen molar-refractivity contribution in [1.29, 1.82) is 0 Å². The number of nitrogens with zero attached hydrogens (tertiary/aromatic N) is 1. The maximum atomic E-state index is 11.6. The molecule has 8 heteroatoms. The molecule has 1 unspecified atom stereocenters. The summed E-state index contributed by atoms with van der Waals surface area (Å²) in [5, 5.41) is 24.4. The molecular formula is C13H17N3O5. The fourth-order valence-electron chi connectivity index (χ4n) is 1.75. The highest BCUT2D eigenvalue weighted by Crippen LogP contribution is 2.16. The summed E-state index contributed by atoms with van der Waals surface area (Å²) in [6, 6.07) is 4.89. The third-order valence-electron chi connectivity index (χ3n) is 2.81. The zero-order valence-corrected chi connectivity index (χ0v) is 11.5. The summed E-state index contributed by atoms with van der Waals surface area (Å²) in [6.07, 6.45) is 1.16. The highest BCUT2D eigenvalue weighted by molar-refractivity contribution is 5.89. The molecule has 0 radical (unpaired) electrons. The Labute approximate surface area is 121 Å². The van der Waals surface area contributed by atoms with Crippen LogP contribution < -0.4 is 10.6 Å². The third-order valence-corrected chi connectivity index (χ3v) is 2.81. The van der Waals surface area contributed by atoms with Crippen molar-refractivity contribution in [3.8, 4) is 0 Å². The molecule has 1 aromatic rings. The number of rotatable bonds is 7. The van der Waals surface area contributed by atoms with E-state index in [1.165, 1.54) is 24.3 Å². The van der Waals surface area contributed by atoms with Gasteiger partial charge in [0.2, 0.25) is 0 Å². The largest absolute Gasteiger partial charge is 0.481 e. The number of aliphatic carboxylic acids is 1. The number of nitro benzene ring substituents is 1. The number of anilines is 1. The monoisotopic (exact) mass is 295 g/mol. The summed E-state index contributed by atoms with van der Waals surface area (Å²) in [5.41, 5.74) is 0.131. The number of carboxylic acid groups (broad SMARTS) is 1. The van der Waals surface area contributed by atoms with Crippen LogP contribution in [0.15, 0.2) is 24.3 Å². The number of urea groups is 1. The molecule has 0 bridgehead atoms. The molecule has 1 aromatic carbocycles. The lowest BCUT2D eigenvalue weighted by molar-refractivity contribution is -0.384. The van der Waals surface area contributed by atoms with E-state index in [0.29, 0.717) is 12.8 Å². The van der Waals surface area contributed by atoms with E-state index < -0.39 is 22.8 Å². The topological polar surface area (TPSA) is 122 Å². The van der Waals surface area contributed by atoms with Crippen LogP contribution in [-0.4, -0.2) is 28.6 Å². The predicted octanol–water partition coefficient (Wildman–Crippen LogP) is 2.22. The molecule has 8 nitrogen and oxygen atoms in total. The predicted molar refractivity (Wildman–Crippen MR) is 76.2 cm³/mol. The van der Waals surface area contributed by atoms with Gasteiger partial charge in [-0.2, -0.15) is 0 Å². The van der Waals surface area contributed by atoms with E-state index in [4.69, 9.17) is 5.11 Å². The Hall–Kier alpha value is -2.64. The van der Waals surface area contributed by atoms with Crippen molar-refractivity contribution < 1.29 is 19.6 Å². The molecule has 0 saturated heterocycles. The second-order valence-electron chi connectivity index (χ2n) is 4.47. The van der Waals surface area contributed by atoms with E-state index in [1.54, 1.807) is 0 Å². The van der Waals surface area contributed by atoms with Crippen molar-refractivity contribution in [1.82, 2.24) is 5.32 Å². The number of nitrogens with one attached hydrogen (secondary N) is 2. The molecule has 0 aliphatic carbocycles. The van der Waals surface area contributed by atoms with Crippen molar-refractivity contribution >= 4 is 23.4 Å². The quantitative estimate of drug-likeness (QED) is 0.526. The van der Waals surface area contributed by atoms with E-state index >= 15 is 0 Å². The average Bonchev–Trinajstić information content (AvgIpc) is 2.43. The van der Waals surface area contributed by atoms with Crippen LogP contribution in [0.2, 0.25) is 0 Å². The van der Waals surface area contributed by atoms with Gasteiger partial charge in [0, 0.05) is 24.4 Å². The number of carbonyl (C=O) groups excluding carboxylic acids is 1. The molecule has 0 saturated carbocycles. The van der Waals surface area contributed by atoms with Crippen molar-refractivity contribution in [2.24, 2.45) is 5.92 Å². The Kier molecular flexibility index (Phi) is 6.12. The maximum Gasteiger partial charge on any atom is 0.319 e. The zero-order chi connectivity index (χ0) is 15.8. The van der Waals surface area contributed by atoms with Crippen LogP contribution in [0, 0.1) is 16.0 Å². The van der Waals surface area contributed by atoms with Gasteiger partial charge >= 0.3 is 12.0 Å². The Balaban J connectivity index is 2.55. The first-order chi connectivity index (χ1) is 9.93. The maximum absolute atomic E-state index is 11.6. The Bertz CT molecular complexity index is 532. The molecule has 0 aromatic heterocycles. The van der Waals surface area contributed by atoms with Crippen LogP contribution in [0.1, 0.15) is 19.8 Å². The van der Waals surface area contributed by atoms with Gasteiger partial charge < -0.3 is 15.7 Å². The Morgan fingerprint density at radius 2 is 2.14 bits per heavy atom. The minimum absolute atomic E-state index is 0.00390. The van der Waals surface area contributed by atoms with Gasteiger partial charge in [-0.3, -0.25) is 14.9 Å². The molecule has 0 aliphatic rings. The average molecular weight is 295 g/mol. The van der Waals surface area contributed by atoms with Crippen LogP contribution in [0.25, 0.3) is 0 Å². The Morgan fingerprint density at radius 3 is 2.71 bits per heavy atom. The van der Waals surface area contributed by atoms with Gasteiger partial charge in [-0.1, -0.05) is 19.4 Å². The van der Waals surface area contributed by atoms with Crippen molar-refractivity contribution in [2.75, 3.05) is 11.9 Å². The molecule has 0 fully saturated rings. The smallest absolute Gasteiger partial charge is 0.319 e. The van der Waals surface area contributed by atoms with Crippen LogP contribution in [0.5, 0.6) is 0 Å². The number of carbonyl (C=O) groups is 2. The molecule has 0 spiro atoms. The molecule has 1 rings (SSSR count). The summed E-state index contributed by atoms with van der Waals surface area (Å²) in [4.78, 5) is 32.6. The number of benzene rings is 1. The molecule has 21 heavy (non-hydrogen) atoms. The lowest BCUT2D eigenvalue weighted by Gasteiger charge is -2.13. The number of amides is 2. The molecule has 0 aliphatic heterocycles. The van der Waals surface area contributed by atoms with Gasteiger partial charge in [0.15, 0.2) is 0 Å². The van der Waals surface area contributed by atoms with Gasteiger partial charge in [0.1, 0.15) is 0 Å². The second-order valence-corrected chi connectivity index (χ2v) is 4.47. The van der Waals surface area contributed by atoms with E-state index in [-0.39, 0.29) is 17.9 Å². The number of hydrogen-bond acceptors (Lipinski definition) is 4. The summed E-state index contributed by atoms with van der Waals surface area (Å²) >= 11 is 0. The zero-order valence-electron chi connectivity index (χ0n) is 11.5. The van der Waals surface area contributed by atoms with Crippen molar-refractivity contribution in [3.63, 3.8) is 0 Å². The van der Waals surface area contributed by atoms with Gasteiger partial charge in [-0.15, -0.1) is 0 Å². The molecule has 3 N–H and O–H groups in total. The number of hydrogen-bond donors (Lipinski definition) is 3. The standard InChI is InChI=1S/C13H17N3O5/c1-2-4-9(12(17)18)8-14-13(19)15-10-5-3-6-11(7-10)16(20)21/h3,5-7,9H,2,4,8H2,1H3,(H,17,18)(H2,14,15,19). The lowest BCUT2D eigenvalue weighted by atomic mass is 10.0. The van der Waals surface area contributed by atoms with Gasteiger partial charge in [0.05, 0.1) is 10.8 Å². The van der Waals surface area contributed by atoms with Crippen molar-refractivity contribution in [3.05, 3.63) is 34.4 Å². The van der Waals surface area contributed by atoms with E-state index in [2.05, 4.69) is 10.6 Å². The van der Waals surface area contributed by atoms with Crippen LogP contribution in [0.4, 0.5) is 16.2 Å². The minimum Gasteiger partial charge on any atom is -0.481 e. The first kappa shape index (κ1) is 16.4. The summed E-state index contributed by atoms with van der Waals surface area (Å²) < 4.78 is 0. The molecular weight excluding hydrogens is 278 g/mol. The number of nitro groups is 1. The van der Waals surface area contributed by atoms with E-state index in [0.717, 1.165) is 0 Å². The van der Waals surface area contributed by atoms with Gasteiger partial charge in [-0.25, -0.2) is 4.79 Å². The van der Waals surface area contributed by atoms with E-state index in [9.17, 15) is 19.7 Å². The Morgan fingerprint density at radius 1 is 1.43 bits per heavy atom.